The Morgan fingerprint density at radius 2 is 2.13 bits per heavy atom. The predicted molar refractivity (Wildman–Crippen MR) is 109 cm³/mol. The molecule has 158 valence electrons. The van der Waals surface area contributed by atoms with Crippen LogP contribution in [0.4, 0.5) is 5.69 Å². The lowest BCUT2D eigenvalue weighted by Crippen LogP contribution is -2.28. The van der Waals surface area contributed by atoms with Crippen LogP contribution in [0.3, 0.4) is 0 Å². The van der Waals surface area contributed by atoms with E-state index in [-0.39, 0.29) is 11.9 Å². The molecule has 2 saturated heterocycles. The normalized spacial score (nSPS) is 17.9. The maximum absolute atomic E-state index is 11.9. The minimum atomic E-state index is 0.137. The van der Waals surface area contributed by atoms with Crippen LogP contribution in [0.15, 0.2) is 16.9 Å². The van der Waals surface area contributed by atoms with Gasteiger partial charge in [0.25, 0.3) is 5.89 Å². The van der Waals surface area contributed by atoms with Gasteiger partial charge in [-0.1, -0.05) is 5.16 Å². The zero-order valence-corrected chi connectivity index (χ0v) is 17.0. The Labute approximate surface area is 173 Å². The molecule has 1 amide bonds. The molecule has 0 unspecified atom stereocenters. The molecule has 0 aromatic carbocycles. The number of carbonyl (C=O) groups is 1. The average Bonchev–Trinajstić information content (AvgIpc) is 3.50. The lowest BCUT2D eigenvalue weighted by Gasteiger charge is -2.25. The van der Waals surface area contributed by atoms with Crippen molar-refractivity contribution in [1.82, 2.24) is 29.8 Å². The van der Waals surface area contributed by atoms with Crippen LogP contribution in [0.2, 0.25) is 0 Å². The summed E-state index contributed by atoms with van der Waals surface area (Å²) in [6.45, 7) is 5.37. The highest BCUT2D eigenvalue weighted by molar-refractivity contribution is 5.96. The molecular weight excluding hydrogens is 386 g/mol. The van der Waals surface area contributed by atoms with Gasteiger partial charge in [0, 0.05) is 45.0 Å². The van der Waals surface area contributed by atoms with E-state index in [0.717, 1.165) is 67.8 Å². The Morgan fingerprint density at radius 1 is 1.27 bits per heavy atom. The Hall–Kier alpha value is -3.01. The first kappa shape index (κ1) is 19.0. The number of hydrogen-bond acceptors (Lipinski definition) is 8. The van der Waals surface area contributed by atoms with Crippen LogP contribution >= 0.6 is 0 Å². The molecule has 1 N–H and O–H groups in total. The van der Waals surface area contributed by atoms with E-state index in [1.807, 2.05) is 17.8 Å². The van der Waals surface area contributed by atoms with Gasteiger partial charge >= 0.3 is 0 Å². The number of nitrogens with one attached hydrogen (secondary N) is 1. The third-order valence-corrected chi connectivity index (χ3v) is 5.74. The van der Waals surface area contributed by atoms with Crippen molar-refractivity contribution in [1.29, 1.82) is 0 Å². The first-order valence-electron chi connectivity index (χ1n) is 10.5. The number of anilines is 1. The highest BCUT2D eigenvalue weighted by Gasteiger charge is 2.25. The first-order chi connectivity index (χ1) is 14.7. The van der Waals surface area contributed by atoms with Gasteiger partial charge in [-0.05, 0) is 26.2 Å². The van der Waals surface area contributed by atoms with E-state index >= 15 is 0 Å². The smallest absolute Gasteiger partial charge is 0.261 e. The van der Waals surface area contributed by atoms with E-state index in [4.69, 9.17) is 9.26 Å². The van der Waals surface area contributed by atoms with Crippen molar-refractivity contribution >= 4 is 22.6 Å². The van der Waals surface area contributed by atoms with Crippen molar-refractivity contribution in [3.63, 3.8) is 0 Å². The van der Waals surface area contributed by atoms with Crippen molar-refractivity contribution < 1.29 is 14.1 Å². The molecule has 0 saturated carbocycles. The van der Waals surface area contributed by atoms with E-state index in [2.05, 4.69) is 25.5 Å². The van der Waals surface area contributed by atoms with Gasteiger partial charge in [0.05, 0.1) is 29.4 Å². The molecule has 0 atom stereocenters. The Bertz CT molecular complexity index is 1050. The summed E-state index contributed by atoms with van der Waals surface area (Å²) in [5, 5.41) is 13.1. The van der Waals surface area contributed by atoms with Crippen LogP contribution in [0, 0.1) is 0 Å². The van der Waals surface area contributed by atoms with Crippen molar-refractivity contribution in [2.75, 3.05) is 25.1 Å². The maximum atomic E-state index is 11.9. The number of likely N-dealkylation sites (tertiary alicyclic amines) is 1. The van der Waals surface area contributed by atoms with Gasteiger partial charge < -0.3 is 19.5 Å². The second-order valence-corrected chi connectivity index (χ2v) is 7.71. The standard InChI is InChI=1S/C20H25N7O3/c1-2-27-19-14(11-22-27)18(23-13-5-8-29-9-6-13)15(10-21-19)20-24-16(25-30-20)12-26-7-3-4-17(26)28/h10-11,13H,2-9,12H2,1H3,(H,21,23). The largest absolute Gasteiger partial charge is 0.381 e. The highest BCUT2D eigenvalue weighted by Crippen LogP contribution is 2.34. The van der Waals surface area contributed by atoms with Crippen molar-refractivity contribution in [2.45, 2.75) is 51.7 Å². The Balaban J connectivity index is 1.50. The number of rotatable bonds is 6. The Kier molecular flexibility index (Phi) is 5.07. The fourth-order valence-corrected chi connectivity index (χ4v) is 4.09. The number of carbonyl (C=O) groups excluding carboxylic acids is 1. The quantitative estimate of drug-likeness (QED) is 0.657. The maximum Gasteiger partial charge on any atom is 0.261 e. The number of amides is 1. The molecule has 2 aliphatic heterocycles. The second kappa shape index (κ2) is 8.02. The summed E-state index contributed by atoms with van der Waals surface area (Å²) in [5.41, 5.74) is 2.47. The van der Waals surface area contributed by atoms with E-state index in [9.17, 15) is 4.79 Å². The lowest BCUT2D eigenvalue weighted by molar-refractivity contribution is -0.128. The van der Waals surface area contributed by atoms with Crippen molar-refractivity contribution in [3.05, 3.63) is 18.2 Å². The van der Waals surface area contributed by atoms with Gasteiger partial charge in [-0.15, -0.1) is 0 Å². The molecule has 10 heteroatoms. The molecule has 10 nitrogen and oxygen atoms in total. The van der Waals surface area contributed by atoms with Crippen LogP contribution in [0.5, 0.6) is 0 Å². The van der Waals surface area contributed by atoms with Gasteiger partial charge in [-0.2, -0.15) is 10.1 Å². The van der Waals surface area contributed by atoms with Gasteiger partial charge in [0.1, 0.15) is 0 Å². The van der Waals surface area contributed by atoms with Gasteiger partial charge in [-0.3, -0.25) is 4.79 Å². The molecule has 2 fully saturated rings. The number of pyridine rings is 1. The van der Waals surface area contributed by atoms with Crippen molar-refractivity contribution in [2.24, 2.45) is 0 Å². The van der Waals surface area contributed by atoms with Crippen LogP contribution < -0.4 is 5.32 Å². The van der Waals surface area contributed by atoms with E-state index in [1.165, 1.54) is 0 Å². The molecule has 0 spiro atoms. The third-order valence-electron chi connectivity index (χ3n) is 5.74. The first-order valence-corrected chi connectivity index (χ1v) is 10.5. The molecule has 0 aliphatic carbocycles. The zero-order chi connectivity index (χ0) is 20.5. The molecule has 0 radical (unpaired) electrons. The monoisotopic (exact) mass is 411 g/mol. The van der Waals surface area contributed by atoms with E-state index < -0.39 is 0 Å². The lowest BCUT2D eigenvalue weighted by atomic mass is 10.1. The zero-order valence-electron chi connectivity index (χ0n) is 17.0. The number of ether oxygens (including phenoxy) is 1. The SMILES string of the molecule is CCn1ncc2c(NC3CCOCC3)c(-c3nc(CN4CCCC4=O)no3)cnc21. The van der Waals surface area contributed by atoms with Gasteiger partial charge in [-0.25, -0.2) is 9.67 Å². The summed E-state index contributed by atoms with van der Waals surface area (Å²) in [4.78, 5) is 22.8. The summed E-state index contributed by atoms with van der Waals surface area (Å²) >= 11 is 0. The molecule has 0 bridgehead atoms. The summed E-state index contributed by atoms with van der Waals surface area (Å²) in [6, 6.07) is 0.290. The number of nitrogens with zero attached hydrogens (tertiary/aromatic N) is 6. The number of fused-ring (bicyclic) bond motifs is 1. The van der Waals surface area contributed by atoms with E-state index in [1.54, 1.807) is 11.1 Å². The van der Waals surface area contributed by atoms with E-state index in [0.29, 0.717) is 24.7 Å². The molecule has 5 rings (SSSR count). The third kappa shape index (κ3) is 3.51. The second-order valence-electron chi connectivity index (χ2n) is 7.71. The fraction of sp³-hybridized carbons (Fsp3) is 0.550. The molecular formula is C20H25N7O3. The molecule has 5 heterocycles. The predicted octanol–water partition coefficient (Wildman–Crippen LogP) is 2.21. The molecule has 3 aromatic heterocycles. The molecule has 30 heavy (non-hydrogen) atoms. The fourth-order valence-electron chi connectivity index (χ4n) is 4.09. The summed E-state index contributed by atoms with van der Waals surface area (Å²) in [6.07, 6.45) is 6.92. The van der Waals surface area contributed by atoms with Crippen LogP contribution in [0.25, 0.3) is 22.5 Å². The van der Waals surface area contributed by atoms with Crippen LogP contribution in [-0.2, 0) is 22.6 Å². The topological polar surface area (TPSA) is 111 Å². The summed E-state index contributed by atoms with van der Waals surface area (Å²) in [7, 11) is 0. The Morgan fingerprint density at radius 3 is 2.90 bits per heavy atom. The van der Waals surface area contributed by atoms with Crippen LogP contribution in [0.1, 0.15) is 38.4 Å². The average molecular weight is 411 g/mol. The summed E-state index contributed by atoms with van der Waals surface area (Å²) < 4.78 is 12.9. The summed E-state index contributed by atoms with van der Waals surface area (Å²) in [5.74, 6) is 1.03. The van der Waals surface area contributed by atoms with Crippen molar-refractivity contribution in [3.8, 4) is 11.5 Å². The van der Waals surface area contributed by atoms with Gasteiger partial charge in [0.2, 0.25) is 5.91 Å². The molecule has 3 aromatic rings. The number of hydrogen-bond donors (Lipinski definition) is 1. The number of aryl methyl sites for hydroxylation is 1. The molecule has 2 aliphatic rings. The minimum absolute atomic E-state index is 0.137. The highest BCUT2D eigenvalue weighted by atomic mass is 16.5. The van der Waals surface area contributed by atoms with Crippen LogP contribution in [-0.4, -0.2) is 61.5 Å². The minimum Gasteiger partial charge on any atom is -0.381 e. The number of aromatic nitrogens is 5. The van der Waals surface area contributed by atoms with Gasteiger partial charge in [0.15, 0.2) is 11.5 Å².